The van der Waals surface area contributed by atoms with Crippen LogP contribution >= 0.6 is 0 Å². The highest BCUT2D eigenvalue weighted by atomic mass is 16.2. The average Bonchev–Trinajstić information content (AvgIpc) is 3.11. The number of likely N-dealkylation sites (tertiary alicyclic amines) is 1. The van der Waals surface area contributed by atoms with Gasteiger partial charge in [-0.25, -0.2) is 4.68 Å². The summed E-state index contributed by atoms with van der Waals surface area (Å²) in [7, 11) is 0. The minimum absolute atomic E-state index is 0.0309. The number of hydrogen-bond acceptors (Lipinski definition) is 3. The Kier molecular flexibility index (Phi) is 3.94. The fraction of sp³-hybridized carbons (Fsp3) is 0.667. The van der Waals surface area contributed by atoms with E-state index < -0.39 is 0 Å². The number of carbonyl (C=O) groups is 2. The van der Waals surface area contributed by atoms with Crippen molar-refractivity contribution >= 4 is 17.6 Å². The van der Waals surface area contributed by atoms with E-state index in [1.165, 1.54) is 0 Å². The molecule has 2 aliphatic heterocycles. The van der Waals surface area contributed by atoms with Crippen LogP contribution in [0.4, 0.5) is 5.82 Å². The van der Waals surface area contributed by atoms with E-state index in [0.717, 1.165) is 57.0 Å². The van der Waals surface area contributed by atoms with E-state index in [-0.39, 0.29) is 11.8 Å². The van der Waals surface area contributed by atoms with Crippen molar-refractivity contribution in [3.05, 3.63) is 11.8 Å². The molecule has 114 valence electrons. The van der Waals surface area contributed by atoms with Crippen molar-refractivity contribution in [2.45, 2.75) is 45.6 Å². The number of fused-ring (bicyclic) bond motifs is 1. The Morgan fingerprint density at radius 2 is 1.76 bits per heavy atom. The standard InChI is InChI=1S/C15H22N4O2/c1-12-11-13-18(9-4-10-19(13)16-12)15(21)6-5-14(20)17-7-2-3-8-17/h11H,2-10H2,1H3. The molecular formula is C15H22N4O2. The van der Waals surface area contributed by atoms with Gasteiger partial charge in [0.05, 0.1) is 5.69 Å². The summed E-state index contributed by atoms with van der Waals surface area (Å²) < 4.78 is 1.89. The van der Waals surface area contributed by atoms with Gasteiger partial charge in [0, 0.05) is 45.1 Å². The molecular weight excluding hydrogens is 268 g/mol. The fourth-order valence-corrected chi connectivity index (χ4v) is 3.13. The first-order valence-electron chi connectivity index (χ1n) is 7.78. The maximum atomic E-state index is 12.4. The predicted molar refractivity (Wildman–Crippen MR) is 79.0 cm³/mol. The molecule has 0 unspecified atom stereocenters. The number of anilines is 1. The largest absolute Gasteiger partial charge is 0.343 e. The number of amides is 2. The molecule has 21 heavy (non-hydrogen) atoms. The zero-order valence-electron chi connectivity index (χ0n) is 12.5. The zero-order valence-corrected chi connectivity index (χ0v) is 12.5. The Morgan fingerprint density at radius 1 is 1.05 bits per heavy atom. The highest BCUT2D eigenvalue weighted by Gasteiger charge is 2.25. The number of carbonyl (C=O) groups excluding carboxylic acids is 2. The van der Waals surface area contributed by atoms with Crippen molar-refractivity contribution in [1.29, 1.82) is 0 Å². The fourth-order valence-electron chi connectivity index (χ4n) is 3.13. The van der Waals surface area contributed by atoms with Gasteiger partial charge < -0.3 is 4.90 Å². The molecule has 0 aliphatic carbocycles. The van der Waals surface area contributed by atoms with Gasteiger partial charge in [-0.05, 0) is 26.2 Å². The molecule has 1 fully saturated rings. The quantitative estimate of drug-likeness (QED) is 0.844. The molecule has 0 bridgehead atoms. The summed E-state index contributed by atoms with van der Waals surface area (Å²) in [6, 6.07) is 1.94. The van der Waals surface area contributed by atoms with Crippen molar-refractivity contribution in [2.24, 2.45) is 0 Å². The van der Waals surface area contributed by atoms with Gasteiger partial charge in [-0.1, -0.05) is 0 Å². The normalized spacial score (nSPS) is 18.0. The zero-order chi connectivity index (χ0) is 14.8. The van der Waals surface area contributed by atoms with E-state index in [0.29, 0.717) is 12.8 Å². The molecule has 1 aromatic heterocycles. The van der Waals surface area contributed by atoms with E-state index in [1.807, 2.05) is 22.6 Å². The van der Waals surface area contributed by atoms with Crippen LogP contribution in [-0.4, -0.2) is 46.1 Å². The lowest BCUT2D eigenvalue weighted by Gasteiger charge is -2.27. The van der Waals surface area contributed by atoms with Crippen LogP contribution < -0.4 is 4.90 Å². The van der Waals surface area contributed by atoms with E-state index in [2.05, 4.69) is 5.10 Å². The lowest BCUT2D eigenvalue weighted by atomic mass is 10.2. The summed E-state index contributed by atoms with van der Waals surface area (Å²) >= 11 is 0. The molecule has 6 heteroatoms. The Labute approximate surface area is 124 Å². The molecule has 0 spiro atoms. The first-order valence-corrected chi connectivity index (χ1v) is 7.78. The molecule has 2 aliphatic rings. The summed E-state index contributed by atoms with van der Waals surface area (Å²) in [4.78, 5) is 28.1. The summed E-state index contributed by atoms with van der Waals surface area (Å²) in [5.74, 6) is 1.02. The summed E-state index contributed by atoms with van der Waals surface area (Å²) in [6.45, 7) is 5.22. The van der Waals surface area contributed by atoms with E-state index in [4.69, 9.17) is 0 Å². The van der Waals surface area contributed by atoms with Gasteiger partial charge in [-0.2, -0.15) is 5.10 Å². The topological polar surface area (TPSA) is 58.4 Å². The highest BCUT2D eigenvalue weighted by molar-refractivity contribution is 5.95. The van der Waals surface area contributed by atoms with Crippen LogP contribution in [0, 0.1) is 6.92 Å². The molecule has 6 nitrogen and oxygen atoms in total. The number of aryl methyl sites for hydroxylation is 2. The number of rotatable bonds is 3. The second-order valence-corrected chi connectivity index (χ2v) is 5.85. The molecule has 0 N–H and O–H groups in total. The van der Waals surface area contributed by atoms with Crippen molar-refractivity contribution in [1.82, 2.24) is 14.7 Å². The molecule has 3 heterocycles. The Bertz CT molecular complexity index is 546. The van der Waals surface area contributed by atoms with Crippen molar-refractivity contribution in [2.75, 3.05) is 24.5 Å². The van der Waals surface area contributed by atoms with Crippen LogP contribution in [0.3, 0.4) is 0 Å². The smallest absolute Gasteiger partial charge is 0.228 e. The molecule has 0 radical (unpaired) electrons. The van der Waals surface area contributed by atoms with E-state index in [1.54, 1.807) is 4.90 Å². The molecule has 1 saturated heterocycles. The Hall–Kier alpha value is -1.85. The minimum Gasteiger partial charge on any atom is -0.343 e. The molecule has 0 aromatic carbocycles. The second-order valence-electron chi connectivity index (χ2n) is 5.85. The summed E-state index contributed by atoms with van der Waals surface area (Å²) in [6.07, 6.45) is 3.70. The van der Waals surface area contributed by atoms with Crippen LogP contribution in [0.25, 0.3) is 0 Å². The monoisotopic (exact) mass is 290 g/mol. The molecule has 0 atom stereocenters. The van der Waals surface area contributed by atoms with Gasteiger partial charge in [-0.3, -0.25) is 14.5 Å². The van der Waals surface area contributed by atoms with Crippen molar-refractivity contribution < 1.29 is 9.59 Å². The average molecular weight is 290 g/mol. The number of nitrogens with zero attached hydrogens (tertiary/aromatic N) is 4. The number of aromatic nitrogens is 2. The van der Waals surface area contributed by atoms with E-state index in [9.17, 15) is 9.59 Å². The van der Waals surface area contributed by atoms with Crippen LogP contribution in [0.1, 0.15) is 37.8 Å². The third kappa shape index (κ3) is 2.94. The van der Waals surface area contributed by atoms with Gasteiger partial charge in [-0.15, -0.1) is 0 Å². The van der Waals surface area contributed by atoms with Crippen LogP contribution in [0.2, 0.25) is 0 Å². The van der Waals surface area contributed by atoms with Gasteiger partial charge >= 0.3 is 0 Å². The Morgan fingerprint density at radius 3 is 2.52 bits per heavy atom. The van der Waals surface area contributed by atoms with Gasteiger partial charge in [0.1, 0.15) is 5.82 Å². The Balaban J connectivity index is 1.59. The molecule has 1 aromatic rings. The van der Waals surface area contributed by atoms with Crippen molar-refractivity contribution in [3.8, 4) is 0 Å². The maximum Gasteiger partial charge on any atom is 0.228 e. The molecule has 0 saturated carbocycles. The minimum atomic E-state index is 0.0309. The predicted octanol–water partition coefficient (Wildman–Crippen LogP) is 1.33. The van der Waals surface area contributed by atoms with Crippen LogP contribution in [0.5, 0.6) is 0 Å². The molecule has 3 rings (SSSR count). The third-order valence-corrected chi connectivity index (χ3v) is 4.22. The number of hydrogen-bond donors (Lipinski definition) is 0. The lowest BCUT2D eigenvalue weighted by Crippen LogP contribution is -2.38. The third-order valence-electron chi connectivity index (χ3n) is 4.22. The lowest BCUT2D eigenvalue weighted by molar-refractivity contribution is -0.132. The SMILES string of the molecule is Cc1cc2n(n1)CCCN2C(=O)CCC(=O)N1CCCC1. The first-order chi connectivity index (χ1) is 10.1. The van der Waals surface area contributed by atoms with Gasteiger partial charge in [0.2, 0.25) is 11.8 Å². The molecule has 2 amide bonds. The van der Waals surface area contributed by atoms with Gasteiger partial charge in [0.15, 0.2) is 0 Å². The first kappa shape index (κ1) is 14.1. The van der Waals surface area contributed by atoms with Crippen LogP contribution in [-0.2, 0) is 16.1 Å². The second kappa shape index (κ2) is 5.87. The maximum absolute atomic E-state index is 12.4. The van der Waals surface area contributed by atoms with E-state index >= 15 is 0 Å². The summed E-state index contributed by atoms with van der Waals surface area (Å²) in [5, 5.41) is 4.39. The van der Waals surface area contributed by atoms with Crippen molar-refractivity contribution in [3.63, 3.8) is 0 Å². The van der Waals surface area contributed by atoms with Gasteiger partial charge in [0.25, 0.3) is 0 Å². The summed E-state index contributed by atoms with van der Waals surface area (Å²) in [5.41, 5.74) is 0.929. The highest BCUT2D eigenvalue weighted by Crippen LogP contribution is 2.22. The van der Waals surface area contributed by atoms with Crippen LogP contribution in [0.15, 0.2) is 6.07 Å².